The second-order valence-electron chi connectivity index (χ2n) is 13.7. The van der Waals surface area contributed by atoms with Crippen LogP contribution in [0.1, 0.15) is 11.1 Å². The molecular formula is C46H26F6N6. The van der Waals surface area contributed by atoms with Crippen molar-refractivity contribution in [3.8, 4) is 45.3 Å². The summed E-state index contributed by atoms with van der Waals surface area (Å²) in [6, 6.07) is 35.5. The van der Waals surface area contributed by atoms with Gasteiger partial charge in [-0.3, -0.25) is 0 Å². The van der Waals surface area contributed by atoms with Crippen LogP contribution in [0, 0.1) is 0 Å². The molecule has 0 aliphatic heterocycles. The van der Waals surface area contributed by atoms with E-state index in [0.717, 1.165) is 12.1 Å². The molecule has 0 saturated heterocycles. The molecule has 58 heavy (non-hydrogen) atoms. The first-order valence-electron chi connectivity index (χ1n) is 18.1. The lowest BCUT2D eigenvalue weighted by Gasteiger charge is -2.24. The molecule has 0 atom stereocenters. The van der Waals surface area contributed by atoms with Gasteiger partial charge in [0.2, 0.25) is 0 Å². The fraction of sp³-hybridized carbons (Fsp3) is 0.0435. The quantitative estimate of drug-likeness (QED) is 0.163. The van der Waals surface area contributed by atoms with Crippen LogP contribution in [-0.2, 0) is 12.4 Å². The highest BCUT2D eigenvalue weighted by molar-refractivity contribution is 6.12. The lowest BCUT2D eigenvalue weighted by Crippen LogP contribution is -2.17. The summed E-state index contributed by atoms with van der Waals surface area (Å²) < 4.78 is 94.8. The Hall–Kier alpha value is -7.34. The van der Waals surface area contributed by atoms with E-state index in [1.165, 1.54) is 28.8 Å². The maximum absolute atomic E-state index is 16.4. The summed E-state index contributed by atoms with van der Waals surface area (Å²) in [7, 11) is 0. The maximum Gasteiger partial charge on any atom is 0.420 e. The number of alkyl halides is 6. The van der Waals surface area contributed by atoms with Crippen LogP contribution in [0.2, 0.25) is 0 Å². The van der Waals surface area contributed by atoms with Crippen molar-refractivity contribution in [2.75, 3.05) is 0 Å². The van der Waals surface area contributed by atoms with Crippen LogP contribution >= 0.6 is 0 Å². The van der Waals surface area contributed by atoms with Crippen LogP contribution in [0.25, 0.3) is 88.9 Å². The van der Waals surface area contributed by atoms with E-state index in [1.807, 2.05) is 30.3 Å². The average molecular weight is 777 g/mol. The Balaban J connectivity index is 1.35. The second kappa shape index (κ2) is 13.1. The van der Waals surface area contributed by atoms with E-state index in [1.54, 1.807) is 96.1 Å². The molecule has 6 aromatic carbocycles. The van der Waals surface area contributed by atoms with Crippen LogP contribution in [0.15, 0.2) is 158 Å². The van der Waals surface area contributed by atoms with Gasteiger partial charge in [-0.1, -0.05) is 54.6 Å². The van der Waals surface area contributed by atoms with Crippen LogP contribution in [-0.4, -0.2) is 29.1 Å². The van der Waals surface area contributed by atoms with Gasteiger partial charge in [-0.05, 0) is 84.4 Å². The molecule has 4 aromatic heterocycles. The smallest absolute Gasteiger partial charge is 0.309 e. The van der Waals surface area contributed by atoms with E-state index >= 15 is 13.2 Å². The Bertz CT molecular complexity index is 3200. The number of halogens is 6. The van der Waals surface area contributed by atoms with Crippen molar-refractivity contribution in [3.63, 3.8) is 0 Å². The number of rotatable bonds is 5. The molecule has 282 valence electrons. The number of fused-ring (bicyclic) bond motifs is 6. The second-order valence-corrected chi connectivity index (χ2v) is 13.7. The Morgan fingerprint density at radius 1 is 0.397 bits per heavy atom. The summed E-state index contributed by atoms with van der Waals surface area (Å²) in [4.78, 5) is 17.5. The molecule has 6 nitrogen and oxygen atoms in total. The lowest BCUT2D eigenvalue weighted by molar-refractivity contribution is -0.138. The van der Waals surface area contributed by atoms with Gasteiger partial charge in [0.25, 0.3) is 0 Å². The van der Waals surface area contributed by atoms with Crippen LogP contribution in [0.3, 0.4) is 0 Å². The van der Waals surface area contributed by atoms with E-state index < -0.39 is 23.5 Å². The molecule has 0 bridgehead atoms. The molecule has 0 amide bonds. The topological polar surface area (TPSA) is 61.4 Å². The number of hydrogen-bond donors (Lipinski definition) is 0. The van der Waals surface area contributed by atoms with Gasteiger partial charge in [-0.15, -0.1) is 0 Å². The van der Waals surface area contributed by atoms with Crippen molar-refractivity contribution in [1.82, 2.24) is 29.1 Å². The molecule has 12 heteroatoms. The molecule has 0 spiro atoms. The van der Waals surface area contributed by atoms with E-state index in [9.17, 15) is 13.2 Å². The highest BCUT2D eigenvalue weighted by atomic mass is 19.4. The first-order valence-corrected chi connectivity index (χ1v) is 18.1. The fourth-order valence-electron chi connectivity index (χ4n) is 8.00. The minimum atomic E-state index is -5.02. The van der Waals surface area contributed by atoms with Crippen molar-refractivity contribution in [1.29, 1.82) is 0 Å². The molecule has 0 N–H and O–H groups in total. The highest BCUT2D eigenvalue weighted by Gasteiger charge is 2.41. The number of hydrogen-bond acceptors (Lipinski definition) is 4. The normalized spacial score (nSPS) is 12.3. The van der Waals surface area contributed by atoms with Gasteiger partial charge >= 0.3 is 12.4 Å². The van der Waals surface area contributed by atoms with E-state index in [2.05, 4.69) is 19.9 Å². The highest BCUT2D eigenvalue weighted by Crippen LogP contribution is 2.48. The Kier molecular flexibility index (Phi) is 7.94. The first-order chi connectivity index (χ1) is 28.1. The van der Waals surface area contributed by atoms with Gasteiger partial charge in [-0.2, -0.15) is 26.3 Å². The third-order valence-electron chi connectivity index (χ3n) is 10.4. The van der Waals surface area contributed by atoms with Crippen LogP contribution < -0.4 is 0 Å². The van der Waals surface area contributed by atoms with E-state index in [0.29, 0.717) is 66.4 Å². The number of para-hydroxylation sites is 2. The van der Waals surface area contributed by atoms with Gasteiger partial charge < -0.3 is 9.13 Å². The van der Waals surface area contributed by atoms with Crippen LogP contribution in [0.4, 0.5) is 26.3 Å². The van der Waals surface area contributed by atoms with Gasteiger partial charge in [-0.25, -0.2) is 19.9 Å². The number of aromatic nitrogens is 6. The molecule has 10 rings (SSSR count). The van der Waals surface area contributed by atoms with Crippen molar-refractivity contribution >= 4 is 43.6 Å². The zero-order valence-corrected chi connectivity index (χ0v) is 30.0. The standard InChI is InChI=1S/C46H26F6N6/c47-45(48,49)30-9-5-8-27(24-30)31-16-19-40(57-36-12-3-1-10-32(36)34-25-28(14-17-38(34)57)43-53-20-6-21-54-43)41(46(50,51)52)42(31)58-37-13-4-2-11-33(37)35-26-29(15-18-39(35)58)44-55-22-7-23-56-44/h1-26H. The van der Waals surface area contributed by atoms with Crippen molar-refractivity contribution in [2.24, 2.45) is 0 Å². The average Bonchev–Trinajstić information content (AvgIpc) is 3.75. The van der Waals surface area contributed by atoms with Crippen molar-refractivity contribution in [2.45, 2.75) is 12.4 Å². The molecule has 0 saturated carbocycles. The zero-order chi connectivity index (χ0) is 39.8. The summed E-state index contributed by atoms with van der Waals surface area (Å²) >= 11 is 0. The van der Waals surface area contributed by atoms with Crippen molar-refractivity contribution in [3.05, 3.63) is 169 Å². The molecule has 0 unspecified atom stereocenters. The Morgan fingerprint density at radius 3 is 1.47 bits per heavy atom. The molecule has 0 fully saturated rings. The van der Waals surface area contributed by atoms with Gasteiger partial charge in [0.15, 0.2) is 11.6 Å². The summed E-state index contributed by atoms with van der Waals surface area (Å²) in [5.74, 6) is 0.885. The predicted octanol–water partition coefficient (Wildman–Crippen LogP) is 12.5. The van der Waals surface area contributed by atoms with Gasteiger partial charge in [0, 0.05) is 63.0 Å². The summed E-state index contributed by atoms with van der Waals surface area (Å²) in [6.45, 7) is 0. The van der Waals surface area contributed by atoms with Crippen LogP contribution in [0.5, 0.6) is 0 Å². The molecule has 10 aromatic rings. The minimum Gasteiger partial charge on any atom is -0.309 e. The summed E-state index contributed by atoms with van der Waals surface area (Å²) in [5.41, 5.74) is 0.542. The monoisotopic (exact) mass is 776 g/mol. The molecule has 4 heterocycles. The number of nitrogens with zero attached hydrogens (tertiary/aromatic N) is 6. The summed E-state index contributed by atoms with van der Waals surface area (Å²) in [6.07, 6.45) is -3.33. The van der Waals surface area contributed by atoms with E-state index in [-0.39, 0.29) is 22.5 Å². The fourth-order valence-corrected chi connectivity index (χ4v) is 8.00. The number of benzene rings is 6. The van der Waals surface area contributed by atoms with E-state index in [4.69, 9.17) is 0 Å². The summed E-state index contributed by atoms with van der Waals surface area (Å²) in [5, 5.41) is 2.61. The molecule has 0 aliphatic rings. The largest absolute Gasteiger partial charge is 0.420 e. The third kappa shape index (κ3) is 5.67. The minimum absolute atomic E-state index is 0.0307. The maximum atomic E-state index is 16.4. The molecule has 0 aliphatic carbocycles. The van der Waals surface area contributed by atoms with Gasteiger partial charge in [0.1, 0.15) is 5.56 Å². The third-order valence-corrected chi connectivity index (χ3v) is 10.4. The SMILES string of the molecule is FC(F)(F)c1cccc(-c2ccc(-n3c4ccccc4c4cc(-c5ncccn5)ccc43)c(C(F)(F)F)c2-n2c3ccccc3c3cc(-c4ncccn4)ccc32)c1. The lowest BCUT2D eigenvalue weighted by atomic mass is 9.95. The Labute approximate surface area is 325 Å². The Morgan fingerprint density at radius 2 is 0.914 bits per heavy atom. The molecule has 0 radical (unpaired) electrons. The van der Waals surface area contributed by atoms with Crippen molar-refractivity contribution < 1.29 is 26.3 Å². The zero-order valence-electron chi connectivity index (χ0n) is 30.0. The molecular weight excluding hydrogens is 751 g/mol. The predicted molar refractivity (Wildman–Crippen MR) is 213 cm³/mol. The first kappa shape index (κ1) is 35.1. The van der Waals surface area contributed by atoms with Gasteiger partial charge in [0.05, 0.1) is 39.0 Å².